The van der Waals surface area contributed by atoms with Crippen molar-refractivity contribution >= 4 is 0 Å². The summed E-state index contributed by atoms with van der Waals surface area (Å²) >= 11 is 0. The molecule has 0 amide bonds. The zero-order valence-electron chi connectivity index (χ0n) is 11.2. The lowest BCUT2D eigenvalue weighted by molar-refractivity contribution is 0.561. The number of nitrogens with one attached hydrogen (secondary N) is 1. The first-order valence-corrected chi connectivity index (χ1v) is 6.50. The second-order valence-electron chi connectivity index (χ2n) is 4.97. The Kier molecular flexibility index (Phi) is 3.70. The van der Waals surface area contributed by atoms with Gasteiger partial charge in [-0.2, -0.15) is 0 Å². The standard InChI is InChI=1S/C15H20N2O/c1-4-17-13(10-11(2)3)14(15(18)16-17)12-8-6-5-7-9-12/h5-9,11H,4,10H2,1-3H3,(H,16,18). The minimum Gasteiger partial charge on any atom is -0.289 e. The van der Waals surface area contributed by atoms with Crippen molar-refractivity contribution in [1.82, 2.24) is 9.78 Å². The average Bonchev–Trinajstić information content (AvgIpc) is 2.66. The van der Waals surface area contributed by atoms with Gasteiger partial charge in [-0.25, -0.2) is 0 Å². The Labute approximate surface area is 107 Å². The van der Waals surface area contributed by atoms with Crippen LogP contribution in [0.4, 0.5) is 0 Å². The summed E-state index contributed by atoms with van der Waals surface area (Å²) in [5, 5.41) is 2.93. The molecule has 96 valence electrons. The highest BCUT2D eigenvalue weighted by Crippen LogP contribution is 2.22. The molecule has 0 radical (unpaired) electrons. The van der Waals surface area contributed by atoms with Crippen LogP contribution in [0.2, 0.25) is 0 Å². The van der Waals surface area contributed by atoms with Crippen LogP contribution >= 0.6 is 0 Å². The summed E-state index contributed by atoms with van der Waals surface area (Å²) in [6.45, 7) is 7.19. The van der Waals surface area contributed by atoms with Gasteiger partial charge >= 0.3 is 0 Å². The van der Waals surface area contributed by atoms with E-state index in [0.717, 1.165) is 29.8 Å². The first-order chi connectivity index (χ1) is 8.63. The topological polar surface area (TPSA) is 37.8 Å². The lowest BCUT2D eigenvalue weighted by Crippen LogP contribution is -2.07. The van der Waals surface area contributed by atoms with Crippen molar-refractivity contribution in [2.45, 2.75) is 33.7 Å². The third-order valence-electron chi connectivity index (χ3n) is 3.06. The van der Waals surface area contributed by atoms with Crippen molar-refractivity contribution in [3.8, 4) is 11.1 Å². The van der Waals surface area contributed by atoms with Gasteiger partial charge in [0.1, 0.15) is 0 Å². The van der Waals surface area contributed by atoms with Crippen molar-refractivity contribution in [2.24, 2.45) is 5.92 Å². The molecule has 0 saturated carbocycles. The zero-order chi connectivity index (χ0) is 13.1. The third-order valence-corrected chi connectivity index (χ3v) is 3.06. The van der Waals surface area contributed by atoms with E-state index < -0.39 is 0 Å². The van der Waals surface area contributed by atoms with E-state index in [1.54, 1.807) is 0 Å². The highest BCUT2D eigenvalue weighted by molar-refractivity contribution is 5.65. The number of rotatable bonds is 4. The molecule has 1 heterocycles. The Bertz CT molecular complexity index is 564. The van der Waals surface area contributed by atoms with E-state index in [-0.39, 0.29) is 5.56 Å². The molecule has 0 saturated heterocycles. The Morgan fingerprint density at radius 3 is 2.44 bits per heavy atom. The number of nitrogens with zero attached hydrogens (tertiary/aromatic N) is 1. The zero-order valence-corrected chi connectivity index (χ0v) is 11.2. The van der Waals surface area contributed by atoms with Gasteiger partial charge in [0.25, 0.3) is 5.56 Å². The van der Waals surface area contributed by atoms with Crippen LogP contribution in [0.25, 0.3) is 11.1 Å². The molecular formula is C15H20N2O. The maximum absolute atomic E-state index is 12.1. The fourth-order valence-electron chi connectivity index (χ4n) is 2.28. The van der Waals surface area contributed by atoms with Crippen LogP contribution in [-0.2, 0) is 13.0 Å². The predicted octanol–water partition coefficient (Wildman–Crippen LogP) is 3.06. The van der Waals surface area contributed by atoms with E-state index in [1.165, 1.54) is 0 Å². The van der Waals surface area contributed by atoms with Gasteiger partial charge in [0, 0.05) is 12.2 Å². The summed E-state index contributed by atoms with van der Waals surface area (Å²) in [7, 11) is 0. The molecule has 0 aliphatic carbocycles. The van der Waals surface area contributed by atoms with E-state index in [4.69, 9.17) is 0 Å². The molecule has 0 aliphatic heterocycles. The molecule has 3 heteroatoms. The Morgan fingerprint density at radius 2 is 1.89 bits per heavy atom. The maximum atomic E-state index is 12.1. The number of hydrogen-bond donors (Lipinski definition) is 1. The van der Waals surface area contributed by atoms with Crippen LogP contribution in [0.1, 0.15) is 26.5 Å². The Hall–Kier alpha value is -1.77. The van der Waals surface area contributed by atoms with E-state index in [0.29, 0.717) is 5.92 Å². The molecule has 2 aromatic rings. The quantitative estimate of drug-likeness (QED) is 0.882. The summed E-state index contributed by atoms with van der Waals surface area (Å²) in [4.78, 5) is 12.1. The summed E-state index contributed by atoms with van der Waals surface area (Å²) in [6, 6.07) is 9.90. The minimum absolute atomic E-state index is 0.0127. The molecule has 2 rings (SSSR count). The molecule has 1 N–H and O–H groups in total. The lowest BCUT2D eigenvalue weighted by atomic mass is 10.00. The normalized spacial score (nSPS) is 11.1. The van der Waals surface area contributed by atoms with Crippen LogP contribution in [-0.4, -0.2) is 9.78 Å². The summed E-state index contributed by atoms with van der Waals surface area (Å²) in [6.07, 6.45) is 0.913. The SMILES string of the molecule is CCn1[nH]c(=O)c(-c2ccccc2)c1CC(C)C. The molecule has 0 bridgehead atoms. The Balaban J connectivity index is 2.59. The van der Waals surface area contributed by atoms with Crippen LogP contribution in [0, 0.1) is 5.92 Å². The lowest BCUT2D eigenvalue weighted by Gasteiger charge is -2.10. The molecule has 0 fully saturated rings. The molecule has 18 heavy (non-hydrogen) atoms. The second-order valence-corrected chi connectivity index (χ2v) is 4.97. The van der Waals surface area contributed by atoms with E-state index in [9.17, 15) is 4.79 Å². The van der Waals surface area contributed by atoms with E-state index >= 15 is 0 Å². The molecular weight excluding hydrogens is 224 g/mol. The fourth-order valence-corrected chi connectivity index (χ4v) is 2.28. The molecule has 3 nitrogen and oxygen atoms in total. The summed E-state index contributed by atoms with van der Waals surface area (Å²) < 4.78 is 1.96. The van der Waals surface area contributed by atoms with Gasteiger partial charge in [0.05, 0.1) is 5.56 Å². The molecule has 1 aromatic heterocycles. The summed E-state index contributed by atoms with van der Waals surface area (Å²) in [5.41, 5.74) is 2.95. The number of aromatic amines is 1. The number of aryl methyl sites for hydroxylation is 1. The van der Waals surface area contributed by atoms with Gasteiger partial charge in [-0.3, -0.25) is 14.6 Å². The van der Waals surface area contributed by atoms with Gasteiger partial charge in [0.15, 0.2) is 0 Å². The highest BCUT2D eigenvalue weighted by atomic mass is 16.1. The van der Waals surface area contributed by atoms with Crippen molar-refractivity contribution in [1.29, 1.82) is 0 Å². The van der Waals surface area contributed by atoms with Crippen LogP contribution < -0.4 is 5.56 Å². The van der Waals surface area contributed by atoms with Crippen LogP contribution in [0.5, 0.6) is 0 Å². The first-order valence-electron chi connectivity index (χ1n) is 6.50. The maximum Gasteiger partial charge on any atom is 0.272 e. The Morgan fingerprint density at radius 1 is 1.22 bits per heavy atom. The molecule has 1 aromatic carbocycles. The molecule has 0 aliphatic rings. The van der Waals surface area contributed by atoms with Crippen LogP contribution in [0.3, 0.4) is 0 Å². The van der Waals surface area contributed by atoms with Crippen molar-refractivity contribution in [3.05, 3.63) is 46.4 Å². The van der Waals surface area contributed by atoms with Crippen molar-refractivity contribution in [3.63, 3.8) is 0 Å². The molecule has 0 spiro atoms. The number of aromatic nitrogens is 2. The molecule has 0 unspecified atom stereocenters. The van der Waals surface area contributed by atoms with Gasteiger partial charge in [-0.05, 0) is 24.8 Å². The monoisotopic (exact) mass is 244 g/mol. The third kappa shape index (κ3) is 2.40. The number of hydrogen-bond acceptors (Lipinski definition) is 1. The van der Waals surface area contributed by atoms with Gasteiger partial charge in [0.2, 0.25) is 0 Å². The van der Waals surface area contributed by atoms with Gasteiger partial charge in [-0.1, -0.05) is 44.2 Å². The van der Waals surface area contributed by atoms with Crippen molar-refractivity contribution in [2.75, 3.05) is 0 Å². The largest absolute Gasteiger partial charge is 0.289 e. The predicted molar refractivity (Wildman–Crippen MR) is 74.7 cm³/mol. The summed E-state index contributed by atoms with van der Waals surface area (Å²) in [5.74, 6) is 0.528. The van der Waals surface area contributed by atoms with E-state index in [2.05, 4.69) is 25.9 Å². The smallest absolute Gasteiger partial charge is 0.272 e. The van der Waals surface area contributed by atoms with E-state index in [1.807, 2.05) is 35.0 Å². The average molecular weight is 244 g/mol. The number of benzene rings is 1. The fraction of sp³-hybridized carbons (Fsp3) is 0.400. The second kappa shape index (κ2) is 5.25. The number of H-pyrrole nitrogens is 1. The highest BCUT2D eigenvalue weighted by Gasteiger charge is 2.16. The van der Waals surface area contributed by atoms with Crippen molar-refractivity contribution < 1.29 is 0 Å². The molecule has 0 atom stereocenters. The first kappa shape index (κ1) is 12.7. The minimum atomic E-state index is 0.0127. The van der Waals surface area contributed by atoms with Gasteiger partial charge in [-0.15, -0.1) is 0 Å². The van der Waals surface area contributed by atoms with Crippen LogP contribution in [0.15, 0.2) is 35.1 Å². The van der Waals surface area contributed by atoms with Gasteiger partial charge < -0.3 is 0 Å².